The van der Waals surface area contributed by atoms with Crippen molar-refractivity contribution in [1.82, 2.24) is 0 Å². The number of carbonyl (C=O) groups excluding carboxylic acids is 2. The average molecular weight is 295 g/mol. The molecular formula is C15H21NO3S. The highest BCUT2D eigenvalue weighted by Gasteiger charge is 2.29. The van der Waals surface area contributed by atoms with Gasteiger partial charge in [0.25, 0.3) is 0 Å². The van der Waals surface area contributed by atoms with Crippen molar-refractivity contribution < 1.29 is 14.3 Å². The second-order valence-electron chi connectivity index (χ2n) is 5.12. The van der Waals surface area contributed by atoms with Crippen molar-refractivity contribution >= 4 is 28.2 Å². The number of nitrogens with one attached hydrogen (secondary N) is 1. The van der Waals surface area contributed by atoms with Gasteiger partial charge in [-0.05, 0) is 30.7 Å². The number of amides is 1. The lowest BCUT2D eigenvalue weighted by molar-refractivity contribution is -0.115. The van der Waals surface area contributed by atoms with E-state index in [1.807, 2.05) is 0 Å². The van der Waals surface area contributed by atoms with E-state index in [1.54, 1.807) is 6.92 Å². The summed E-state index contributed by atoms with van der Waals surface area (Å²) < 4.78 is 4.89. The Morgan fingerprint density at radius 3 is 2.75 bits per heavy atom. The first-order chi connectivity index (χ1) is 9.60. The van der Waals surface area contributed by atoms with Gasteiger partial charge in [0.15, 0.2) is 0 Å². The van der Waals surface area contributed by atoms with E-state index in [-0.39, 0.29) is 11.9 Å². The monoisotopic (exact) mass is 295 g/mol. The predicted molar refractivity (Wildman–Crippen MR) is 80.4 cm³/mol. The fourth-order valence-corrected chi connectivity index (χ4v) is 3.99. The molecule has 1 aromatic rings. The maximum absolute atomic E-state index is 12.0. The fraction of sp³-hybridized carbons (Fsp3) is 0.600. The zero-order valence-corrected chi connectivity index (χ0v) is 13.1. The zero-order chi connectivity index (χ0) is 14.7. The Bertz CT molecular complexity index is 521. The van der Waals surface area contributed by atoms with E-state index < -0.39 is 0 Å². The van der Waals surface area contributed by atoms with Crippen LogP contribution in [0.4, 0.5) is 5.00 Å². The van der Waals surface area contributed by atoms with E-state index in [9.17, 15) is 9.59 Å². The minimum Gasteiger partial charge on any atom is -0.465 e. The SMILES string of the molecule is CCC(=O)Nc1sc2c(c1C(=O)OC)CCC(CC)C2. The van der Waals surface area contributed by atoms with Crippen LogP contribution >= 0.6 is 11.3 Å². The molecule has 0 fully saturated rings. The van der Waals surface area contributed by atoms with Crippen molar-refractivity contribution in [2.24, 2.45) is 5.92 Å². The number of fused-ring (bicyclic) bond motifs is 1. The number of carbonyl (C=O) groups is 2. The van der Waals surface area contributed by atoms with Gasteiger partial charge in [0, 0.05) is 11.3 Å². The quantitative estimate of drug-likeness (QED) is 0.866. The van der Waals surface area contributed by atoms with Gasteiger partial charge in [-0.1, -0.05) is 20.3 Å². The van der Waals surface area contributed by atoms with Crippen molar-refractivity contribution in [1.29, 1.82) is 0 Å². The van der Waals surface area contributed by atoms with Crippen LogP contribution in [0.3, 0.4) is 0 Å². The summed E-state index contributed by atoms with van der Waals surface area (Å²) in [5, 5.41) is 3.50. The molecule has 5 heteroatoms. The lowest BCUT2D eigenvalue weighted by Crippen LogP contribution is -2.16. The van der Waals surface area contributed by atoms with Gasteiger partial charge in [0.1, 0.15) is 5.00 Å². The minimum absolute atomic E-state index is 0.0687. The van der Waals surface area contributed by atoms with Crippen LogP contribution in [0, 0.1) is 5.92 Å². The van der Waals surface area contributed by atoms with Crippen LogP contribution in [0.25, 0.3) is 0 Å². The molecule has 1 atom stereocenters. The summed E-state index contributed by atoms with van der Waals surface area (Å²) in [6, 6.07) is 0. The van der Waals surface area contributed by atoms with E-state index in [0.29, 0.717) is 22.9 Å². The number of methoxy groups -OCH3 is 1. The second-order valence-corrected chi connectivity index (χ2v) is 6.22. The standard InChI is InChI=1S/C15H21NO3S/c1-4-9-6-7-10-11(8-9)20-14(16-12(17)5-2)13(10)15(18)19-3/h9H,4-8H2,1-3H3,(H,16,17). The summed E-state index contributed by atoms with van der Waals surface area (Å²) >= 11 is 1.54. The summed E-state index contributed by atoms with van der Waals surface area (Å²) in [7, 11) is 1.38. The van der Waals surface area contributed by atoms with Crippen LogP contribution < -0.4 is 5.32 Å². The largest absolute Gasteiger partial charge is 0.465 e. The summed E-state index contributed by atoms with van der Waals surface area (Å²) in [5.41, 5.74) is 1.65. The molecule has 0 radical (unpaired) electrons. The molecule has 1 N–H and O–H groups in total. The molecule has 1 heterocycles. The maximum Gasteiger partial charge on any atom is 0.341 e. The summed E-state index contributed by atoms with van der Waals surface area (Å²) in [6.45, 7) is 4.00. The topological polar surface area (TPSA) is 55.4 Å². The molecular weight excluding hydrogens is 274 g/mol. The normalized spacial score (nSPS) is 17.4. The number of anilines is 1. The van der Waals surface area contributed by atoms with E-state index in [0.717, 1.165) is 31.2 Å². The molecule has 0 spiro atoms. The molecule has 1 unspecified atom stereocenters. The number of ether oxygens (including phenoxy) is 1. The number of hydrogen-bond acceptors (Lipinski definition) is 4. The number of rotatable bonds is 4. The van der Waals surface area contributed by atoms with Crippen LogP contribution in [0.15, 0.2) is 0 Å². The number of hydrogen-bond donors (Lipinski definition) is 1. The molecule has 1 aromatic heterocycles. The van der Waals surface area contributed by atoms with Crippen LogP contribution in [0.1, 0.15) is 53.9 Å². The Labute approximate surface area is 123 Å². The first-order valence-electron chi connectivity index (χ1n) is 7.13. The third-order valence-corrected chi connectivity index (χ3v) is 5.08. The van der Waals surface area contributed by atoms with Gasteiger partial charge < -0.3 is 10.1 Å². The maximum atomic E-state index is 12.0. The van der Waals surface area contributed by atoms with Gasteiger partial charge in [-0.25, -0.2) is 4.79 Å². The molecule has 0 saturated heterocycles. The van der Waals surface area contributed by atoms with Gasteiger partial charge in [-0.2, -0.15) is 0 Å². The van der Waals surface area contributed by atoms with Gasteiger partial charge in [-0.15, -0.1) is 11.3 Å². The van der Waals surface area contributed by atoms with Crippen molar-refractivity contribution in [2.45, 2.75) is 46.0 Å². The van der Waals surface area contributed by atoms with Crippen LogP contribution in [0.2, 0.25) is 0 Å². The van der Waals surface area contributed by atoms with E-state index in [4.69, 9.17) is 4.74 Å². The molecule has 20 heavy (non-hydrogen) atoms. The van der Waals surface area contributed by atoms with Gasteiger partial charge in [0.05, 0.1) is 12.7 Å². The van der Waals surface area contributed by atoms with Crippen molar-refractivity contribution in [3.05, 3.63) is 16.0 Å². The Morgan fingerprint density at radius 1 is 1.40 bits per heavy atom. The fourth-order valence-electron chi connectivity index (χ4n) is 2.62. The smallest absolute Gasteiger partial charge is 0.341 e. The van der Waals surface area contributed by atoms with Crippen LogP contribution in [-0.2, 0) is 22.4 Å². The highest BCUT2D eigenvalue weighted by Crippen LogP contribution is 2.40. The van der Waals surface area contributed by atoms with E-state index in [1.165, 1.54) is 23.3 Å². The Morgan fingerprint density at radius 2 is 2.15 bits per heavy atom. The minimum atomic E-state index is -0.344. The molecule has 110 valence electrons. The molecule has 2 rings (SSSR count). The van der Waals surface area contributed by atoms with Crippen molar-refractivity contribution in [2.75, 3.05) is 12.4 Å². The molecule has 1 amide bonds. The van der Waals surface area contributed by atoms with E-state index >= 15 is 0 Å². The van der Waals surface area contributed by atoms with Gasteiger partial charge in [0.2, 0.25) is 5.91 Å². The third kappa shape index (κ3) is 2.87. The van der Waals surface area contributed by atoms with Crippen molar-refractivity contribution in [3.63, 3.8) is 0 Å². The summed E-state index contributed by atoms with van der Waals surface area (Å²) in [6.07, 6.45) is 4.56. The third-order valence-electron chi connectivity index (χ3n) is 3.91. The molecule has 1 aliphatic rings. The highest BCUT2D eigenvalue weighted by molar-refractivity contribution is 7.17. The molecule has 0 saturated carbocycles. The first kappa shape index (κ1) is 15.0. The Hall–Kier alpha value is -1.36. The average Bonchev–Trinajstić information content (AvgIpc) is 2.82. The predicted octanol–water partition coefficient (Wildman–Crippen LogP) is 3.40. The van der Waals surface area contributed by atoms with E-state index in [2.05, 4.69) is 12.2 Å². The lowest BCUT2D eigenvalue weighted by Gasteiger charge is -2.20. The highest BCUT2D eigenvalue weighted by atomic mass is 32.1. The molecule has 4 nitrogen and oxygen atoms in total. The summed E-state index contributed by atoms with van der Waals surface area (Å²) in [5.74, 6) is 0.269. The van der Waals surface area contributed by atoms with Crippen LogP contribution in [0.5, 0.6) is 0 Å². The Kier molecular flexibility index (Phi) is 4.81. The summed E-state index contributed by atoms with van der Waals surface area (Å²) in [4.78, 5) is 24.9. The van der Waals surface area contributed by atoms with Crippen LogP contribution in [-0.4, -0.2) is 19.0 Å². The molecule has 0 aliphatic heterocycles. The molecule has 1 aliphatic carbocycles. The lowest BCUT2D eigenvalue weighted by atomic mass is 9.86. The van der Waals surface area contributed by atoms with Crippen molar-refractivity contribution in [3.8, 4) is 0 Å². The second kappa shape index (κ2) is 6.39. The Balaban J connectivity index is 2.38. The molecule has 0 aromatic carbocycles. The number of thiophene rings is 1. The van der Waals surface area contributed by atoms with Gasteiger partial charge >= 0.3 is 5.97 Å². The van der Waals surface area contributed by atoms with Gasteiger partial charge in [-0.3, -0.25) is 4.79 Å². The molecule has 0 bridgehead atoms. The first-order valence-corrected chi connectivity index (χ1v) is 7.94. The zero-order valence-electron chi connectivity index (χ0n) is 12.2. The number of esters is 1.